The Kier molecular flexibility index (Phi) is 5.38. The second-order valence-electron chi connectivity index (χ2n) is 6.86. The number of nitrogens with one attached hydrogen (secondary N) is 2. The molecule has 134 valence electrons. The SMILES string of the molecule is CC(CNC(=O)[C@H]1CNC[C@@H]1c1cnn(C)c1)N(C)c1ccccc1. The zero-order chi connectivity index (χ0) is 17.8. The van der Waals surface area contributed by atoms with Gasteiger partial charge in [-0.25, -0.2) is 0 Å². The largest absolute Gasteiger partial charge is 0.370 e. The molecular formula is C19H27N5O. The maximum atomic E-state index is 12.7. The zero-order valence-electron chi connectivity index (χ0n) is 15.1. The lowest BCUT2D eigenvalue weighted by molar-refractivity contribution is -0.124. The van der Waals surface area contributed by atoms with Gasteiger partial charge in [0.25, 0.3) is 0 Å². The van der Waals surface area contributed by atoms with Gasteiger partial charge in [-0.05, 0) is 24.6 Å². The minimum atomic E-state index is -0.0431. The number of carbonyl (C=O) groups excluding carboxylic acids is 1. The van der Waals surface area contributed by atoms with Gasteiger partial charge in [-0.2, -0.15) is 5.10 Å². The maximum absolute atomic E-state index is 12.7. The monoisotopic (exact) mass is 341 g/mol. The van der Waals surface area contributed by atoms with E-state index >= 15 is 0 Å². The van der Waals surface area contributed by atoms with E-state index < -0.39 is 0 Å². The Morgan fingerprint density at radius 1 is 1.40 bits per heavy atom. The molecule has 2 aromatic rings. The highest BCUT2D eigenvalue weighted by Crippen LogP contribution is 2.27. The molecule has 0 saturated carbocycles. The number of amides is 1. The molecule has 1 saturated heterocycles. The van der Waals surface area contributed by atoms with E-state index in [4.69, 9.17) is 0 Å². The lowest BCUT2D eigenvalue weighted by Gasteiger charge is -2.28. The minimum absolute atomic E-state index is 0.0431. The van der Waals surface area contributed by atoms with Crippen molar-refractivity contribution in [3.8, 4) is 0 Å². The molecule has 1 aliphatic heterocycles. The van der Waals surface area contributed by atoms with E-state index in [0.29, 0.717) is 13.1 Å². The van der Waals surface area contributed by atoms with Crippen LogP contribution in [0.3, 0.4) is 0 Å². The highest BCUT2D eigenvalue weighted by atomic mass is 16.1. The van der Waals surface area contributed by atoms with Crippen LogP contribution >= 0.6 is 0 Å². The van der Waals surface area contributed by atoms with Crippen molar-refractivity contribution in [1.29, 1.82) is 0 Å². The van der Waals surface area contributed by atoms with E-state index in [1.54, 1.807) is 4.68 Å². The molecule has 0 bridgehead atoms. The lowest BCUT2D eigenvalue weighted by atomic mass is 9.90. The van der Waals surface area contributed by atoms with Crippen LogP contribution in [-0.2, 0) is 11.8 Å². The van der Waals surface area contributed by atoms with Crippen LogP contribution in [0.5, 0.6) is 0 Å². The average Bonchev–Trinajstić information content (AvgIpc) is 3.28. The number of nitrogens with zero attached hydrogens (tertiary/aromatic N) is 3. The van der Waals surface area contributed by atoms with Gasteiger partial charge in [0.1, 0.15) is 0 Å². The van der Waals surface area contributed by atoms with Crippen LogP contribution in [0.4, 0.5) is 5.69 Å². The van der Waals surface area contributed by atoms with Crippen molar-refractivity contribution in [2.24, 2.45) is 13.0 Å². The third-order valence-electron chi connectivity index (χ3n) is 5.10. The predicted octanol–water partition coefficient (Wildman–Crippen LogP) is 1.36. The Balaban J connectivity index is 1.56. The fourth-order valence-corrected chi connectivity index (χ4v) is 3.37. The Morgan fingerprint density at radius 3 is 2.84 bits per heavy atom. The smallest absolute Gasteiger partial charge is 0.225 e. The number of hydrogen-bond acceptors (Lipinski definition) is 4. The van der Waals surface area contributed by atoms with Crippen LogP contribution in [-0.4, -0.2) is 48.4 Å². The van der Waals surface area contributed by atoms with E-state index in [1.165, 1.54) is 0 Å². The Morgan fingerprint density at radius 2 is 2.16 bits per heavy atom. The van der Waals surface area contributed by atoms with Gasteiger partial charge in [-0.15, -0.1) is 0 Å². The quantitative estimate of drug-likeness (QED) is 0.833. The third-order valence-corrected chi connectivity index (χ3v) is 5.10. The van der Waals surface area contributed by atoms with Crippen LogP contribution in [0.2, 0.25) is 0 Å². The Hall–Kier alpha value is -2.34. The molecule has 1 aromatic carbocycles. The van der Waals surface area contributed by atoms with Crippen molar-refractivity contribution in [2.75, 3.05) is 31.6 Å². The molecule has 3 atom stereocenters. The Labute approximate surface area is 149 Å². The van der Waals surface area contributed by atoms with Crippen molar-refractivity contribution in [2.45, 2.75) is 18.9 Å². The van der Waals surface area contributed by atoms with E-state index in [1.807, 2.05) is 37.6 Å². The van der Waals surface area contributed by atoms with Crippen molar-refractivity contribution in [3.05, 3.63) is 48.3 Å². The summed E-state index contributed by atoms with van der Waals surface area (Å²) >= 11 is 0. The molecule has 1 aliphatic rings. The first-order valence-corrected chi connectivity index (χ1v) is 8.81. The Bertz CT molecular complexity index is 699. The molecule has 25 heavy (non-hydrogen) atoms. The van der Waals surface area contributed by atoms with Crippen LogP contribution < -0.4 is 15.5 Å². The van der Waals surface area contributed by atoms with Crippen molar-refractivity contribution in [3.63, 3.8) is 0 Å². The predicted molar refractivity (Wildman–Crippen MR) is 99.6 cm³/mol. The van der Waals surface area contributed by atoms with Crippen molar-refractivity contribution in [1.82, 2.24) is 20.4 Å². The van der Waals surface area contributed by atoms with Crippen molar-refractivity contribution < 1.29 is 4.79 Å². The lowest BCUT2D eigenvalue weighted by Crippen LogP contribution is -2.43. The number of likely N-dealkylation sites (N-methyl/N-ethyl adjacent to an activating group) is 1. The van der Waals surface area contributed by atoms with Crippen LogP contribution in [0.1, 0.15) is 18.4 Å². The summed E-state index contributed by atoms with van der Waals surface area (Å²) in [5, 5.41) is 10.7. The average molecular weight is 341 g/mol. The number of carbonyl (C=O) groups is 1. The van der Waals surface area contributed by atoms with Gasteiger partial charge in [0.05, 0.1) is 12.1 Å². The van der Waals surface area contributed by atoms with Gasteiger partial charge in [0, 0.05) is 57.6 Å². The number of aryl methyl sites for hydroxylation is 1. The first-order chi connectivity index (χ1) is 12.1. The molecule has 0 spiro atoms. The molecule has 6 nitrogen and oxygen atoms in total. The van der Waals surface area contributed by atoms with Gasteiger partial charge in [0.2, 0.25) is 5.91 Å². The summed E-state index contributed by atoms with van der Waals surface area (Å²) in [6.07, 6.45) is 3.87. The molecule has 1 aromatic heterocycles. The number of aromatic nitrogens is 2. The van der Waals surface area contributed by atoms with Gasteiger partial charge in [-0.3, -0.25) is 9.48 Å². The highest BCUT2D eigenvalue weighted by molar-refractivity contribution is 5.80. The van der Waals surface area contributed by atoms with E-state index in [-0.39, 0.29) is 23.8 Å². The fraction of sp³-hybridized carbons (Fsp3) is 0.474. The molecule has 1 unspecified atom stereocenters. The van der Waals surface area contributed by atoms with Crippen LogP contribution in [0.15, 0.2) is 42.7 Å². The summed E-state index contributed by atoms with van der Waals surface area (Å²) in [6.45, 7) is 4.29. The molecule has 1 amide bonds. The molecule has 2 N–H and O–H groups in total. The van der Waals surface area contributed by atoms with Crippen LogP contribution in [0, 0.1) is 5.92 Å². The second-order valence-corrected chi connectivity index (χ2v) is 6.86. The summed E-state index contributed by atoms with van der Waals surface area (Å²) in [7, 11) is 3.96. The van der Waals surface area contributed by atoms with Gasteiger partial charge >= 0.3 is 0 Å². The van der Waals surface area contributed by atoms with E-state index in [0.717, 1.165) is 17.8 Å². The maximum Gasteiger partial charge on any atom is 0.225 e. The van der Waals surface area contributed by atoms with Crippen molar-refractivity contribution >= 4 is 11.6 Å². The molecule has 0 radical (unpaired) electrons. The number of anilines is 1. The fourth-order valence-electron chi connectivity index (χ4n) is 3.37. The summed E-state index contributed by atoms with van der Waals surface area (Å²) in [5.41, 5.74) is 2.28. The summed E-state index contributed by atoms with van der Waals surface area (Å²) < 4.78 is 1.79. The molecule has 1 fully saturated rings. The summed E-state index contributed by atoms with van der Waals surface area (Å²) in [5.74, 6) is 0.265. The zero-order valence-corrected chi connectivity index (χ0v) is 15.1. The third kappa shape index (κ3) is 4.02. The number of para-hydroxylation sites is 1. The standard InChI is InChI=1S/C19H27N5O/c1-14(24(3)16-7-5-4-6-8-16)9-21-19(25)18-12-20-11-17(18)15-10-22-23(2)13-15/h4-8,10,13-14,17-18,20H,9,11-12H2,1-3H3,(H,21,25)/t14?,17-,18+/m1/s1. The molecule has 6 heteroatoms. The number of rotatable bonds is 6. The number of hydrogen-bond donors (Lipinski definition) is 2. The topological polar surface area (TPSA) is 62.2 Å². The molecule has 0 aliphatic carbocycles. The minimum Gasteiger partial charge on any atom is -0.370 e. The van der Waals surface area contributed by atoms with E-state index in [2.05, 4.69) is 46.7 Å². The molecular weight excluding hydrogens is 314 g/mol. The number of benzene rings is 1. The normalized spacial score (nSPS) is 21.1. The first kappa shape index (κ1) is 17.5. The molecule has 3 rings (SSSR count). The highest BCUT2D eigenvalue weighted by Gasteiger charge is 2.34. The van der Waals surface area contributed by atoms with Gasteiger partial charge < -0.3 is 15.5 Å². The van der Waals surface area contributed by atoms with Gasteiger partial charge in [-0.1, -0.05) is 18.2 Å². The first-order valence-electron chi connectivity index (χ1n) is 8.81. The summed E-state index contributed by atoms with van der Waals surface area (Å²) in [4.78, 5) is 14.9. The molecule has 2 heterocycles. The summed E-state index contributed by atoms with van der Waals surface area (Å²) in [6, 6.07) is 10.4. The second kappa shape index (κ2) is 7.70. The van der Waals surface area contributed by atoms with Gasteiger partial charge in [0.15, 0.2) is 0 Å². The van der Waals surface area contributed by atoms with Crippen LogP contribution in [0.25, 0.3) is 0 Å². The van der Waals surface area contributed by atoms with E-state index in [9.17, 15) is 4.79 Å².